The molecule has 0 aliphatic carbocycles. The lowest BCUT2D eigenvalue weighted by molar-refractivity contribution is -0.143. The number of sulfone groups is 1. The lowest BCUT2D eigenvalue weighted by Gasteiger charge is -2.14. The fourth-order valence-corrected chi connectivity index (χ4v) is 4.34. The molecule has 0 saturated carbocycles. The van der Waals surface area contributed by atoms with Crippen LogP contribution in [-0.2, 0) is 16.0 Å². The average molecular weight is 405 g/mol. The number of methoxy groups -OCH3 is 1. The first kappa shape index (κ1) is 19.1. The SMILES string of the molecule is COc1ccc(-n2ncc(C(=O)NC3CCS(=O)(=O)C3)c2C(F)(F)F)nn1. The first-order valence-electron chi connectivity index (χ1n) is 7.65. The smallest absolute Gasteiger partial charge is 0.434 e. The highest BCUT2D eigenvalue weighted by atomic mass is 32.2. The molecule has 1 atom stereocenters. The quantitative estimate of drug-likeness (QED) is 0.792. The minimum Gasteiger partial charge on any atom is -0.480 e. The Morgan fingerprint density at radius 3 is 2.59 bits per heavy atom. The van der Waals surface area contributed by atoms with Crippen molar-refractivity contribution in [2.24, 2.45) is 0 Å². The third-order valence-electron chi connectivity index (χ3n) is 3.90. The molecule has 0 bridgehead atoms. The second kappa shape index (κ2) is 6.79. The molecule has 0 aromatic carbocycles. The summed E-state index contributed by atoms with van der Waals surface area (Å²) in [5.41, 5.74) is -2.07. The molecule has 27 heavy (non-hydrogen) atoms. The van der Waals surface area contributed by atoms with E-state index in [4.69, 9.17) is 4.74 Å². The number of hydrogen-bond donors (Lipinski definition) is 1. The summed E-state index contributed by atoms with van der Waals surface area (Å²) in [5, 5.41) is 13.1. The Morgan fingerprint density at radius 1 is 1.33 bits per heavy atom. The van der Waals surface area contributed by atoms with Crippen molar-refractivity contribution in [1.82, 2.24) is 25.3 Å². The van der Waals surface area contributed by atoms with Gasteiger partial charge < -0.3 is 10.1 Å². The summed E-state index contributed by atoms with van der Waals surface area (Å²) in [7, 11) is -1.97. The van der Waals surface area contributed by atoms with Crippen LogP contribution >= 0.6 is 0 Å². The molecule has 1 aliphatic rings. The highest BCUT2D eigenvalue weighted by Gasteiger charge is 2.41. The molecule has 0 spiro atoms. The van der Waals surface area contributed by atoms with Crippen molar-refractivity contribution < 1.29 is 31.1 Å². The van der Waals surface area contributed by atoms with E-state index in [0.717, 1.165) is 6.20 Å². The van der Waals surface area contributed by atoms with Gasteiger partial charge in [-0.15, -0.1) is 10.2 Å². The number of nitrogens with zero attached hydrogens (tertiary/aromatic N) is 4. The van der Waals surface area contributed by atoms with E-state index >= 15 is 0 Å². The number of aromatic nitrogens is 4. The van der Waals surface area contributed by atoms with Crippen LogP contribution in [0, 0.1) is 0 Å². The standard InChI is InChI=1S/C14H14F3N5O4S/c1-26-11-3-2-10(20-21-11)22-12(14(15,16)17)9(6-18-22)13(23)19-8-4-5-27(24,25)7-8/h2-3,6,8H,4-5,7H2,1H3,(H,19,23). The zero-order valence-electron chi connectivity index (χ0n) is 13.9. The highest BCUT2D eigenvalue weighted by Crippen LogP contribution is 2.33. The predicted molar refractivity (Wildman–Crippen MR) is 85.2 cm³/mol. The Morgan fingerprint density at radius 2 is 2.07 bits per heavy atom. The number of halogens is 3. The molecule has 1 saturated heterocycles. The molecule has 1 fully saturated rings. The second-order valence-corrected chi connectivity index (χ2v) is 8.05. The van der Waals surface area contributed by atoms with Crippen molar-refractivity contribution in [2.75, 3.05) is 18.6 Å². The van der Waals surface area contributed by atoms with Crippen LogP contribution in [0.15, 0.2) is 18.3 Å². The lowest BCUT2D eigenvalue weighted by Crippen LogP contribution is -2.36. The monoisotopic (exact) mass is 405 g/mol. The van der Waals surface area contributed by atoms with E-state index in [1.54, 1.807) is 0 Å². The van der Waals surface area contributed by atoms with E-state index in [2.05, 4.69) is 20.6 Å². The van der Waals surface area contributed by atoms with Gasteiger partial charge in [-0.05, 0) is 12.5 Å². The largest absolute Gasteiger partial charge is 0.480 e. The molecule has 3 heterocycles. The molecule has 9 nitrogen and oxygen atoms in total. The van der Waals surface area contributed by atoms with Crippen molar-refractivity contribution in [3.05, 3.63) is 29.6 Å². The van der Waals surface area contributed by atoms with Crippen LogP contribution in [0.2, 0.25) is 0 Å². The molecular weight excluding hydrogens is 391 g/mol. The minimum absolute atomic E-state index is 0.0971. The summed E-state index contributed by atoms with van der Waals surface area (Å²) in [5.74, 6) is -1.65. The van der Waals surface area contributed by atoms with Gasteiger partial charge in [0.25, 0.3) is 5.91 Å². The first-order valence-corrected chi connectivity index (χ1v) is 9.47. The number of alkyl halides is 3. The Labute approximate surface area is 151 Å². The lowest BCUT2D eigenvalue weighted by atomic mass is 10.2. The molecule has 1 N–H and O–H groups in total. The molecule has 1 amide bonds. The van der Waals surface area contributed by atoms with Gasteiger partial charge in [0, 0.05) is 12.1 Å². The number of amides is 1. The van der Waals surface area contributed by atoms with Crippen molar-refractivity contribution in [3.63, 3.8) is 0 Å². The fraction of sp³-hybridized carbons (Fsp3) is 0.429. The number of carbonyl (C=O) groups is 1. The van der Waals surface area contributed by atoms with Gasteiger partial charge in [0.2, 0.25) is 5.88 Å². The predicted octanol–water partition coefficient (Wildman–Crippen LogP) is 0.607. The van der Waals surface area contributed by atoms with Crippen LogP contribution in [-0.4, -0.2) is 59.0 Å². The van der Waals surface area contributed by atoms with E-state index in [0.29, 0.717) is 4.68 Å². The van der Waals surface area contributed by atoms with Crippen molar-refractivity contribution in [1.29, 1.82) is 0 Å². The number of rotatable bonds is 4. The number of nitrogens with one attached hydrogen (secondary N) is 1. The van der Waals surface area contributed by atoms with Crippen LogP contribution in [0.4, 0.5) is 13.2 Å². The van der Waals surface area contributed by atoms with Gasteiger partial charge in [0.05, 0.1) is 30.4 Å². The normalized spacial score (nSPS) is 19.0. The van der Waals surface area contributed by atoms with Crippen molar-refractivity contribution in [3.8, 4) is 11.7 Å². The van der Waals surface area contributed by atoms with Gasteiger partial charge in [0.15, 0.2) is 21.3 Å². The molecule has 1 aliphatic heterocycles. The molecule has 146 valence electrons. The van der Waals surface area contributed by atoms with Crippen LogP contribution < -0.4 is 10.1 Å². The van der Waals surface area contributed by atoms with Gasteiger partial charge in [-0.1, -0.05) is 0 Å². The van der Waals surface area contributed by atoms with Crippen LogP contribution in [0.3, 0.4) is 0 Å². The third-order valence-corrected chi connectivity index (χ3v) is 5.67. The summed E-state index contributed by atoms with van der Waals surface area (Å²) >= 11 is 0. The maximum absolute atomic E-state index is 13.6. The molecule has 2 aromatic heterocycles. The Kier molecular flexibility index (Phi) is 4.80. The van der Waals surface area contributed by atoms with Gasteiger partial charge in [-0.3, -0.25) is 4.79 Å². The minimum atomic E-state index is -4.91. The third kappa shape index (κ3) is 4.02. The Bertz CT molecular complexity index is 956. The first-order chi connectivity index (χ1) is 12.6. The van der Waals surface area contributed by atoms with Crippen LogP contribution in [0.1, 0.15) is 22.5 Å². The van der Waals surface area contributed by atoms with E-state index in [1.165, 1.54) is 19.2 Å². The maximum atomic E-state index is 13.6. The summed E-state index contributed by atoms with van der Waals surface area (Å²) in [6.07, 6.45) is -4.01. The molecule has 2 aromatic rings. The van der Waals surface area contributed by atoms with Crippen LogP contribution in [0.5, 0.6) is 5.88 Å². The molecule has 0 radical (unpaired) electrons. The highest BCUT2D eigenvalue weighted by molar-refractivity contribution is 7.91. The number of carbonyl (C=O) groups excluding carboxylic acids is 1. The van der Waals surface area contributed by atoms with E-state index in [9.17, 15) is 26.4 Å². The zero-order valence-corrected chi connectivity index (χ0v) is 14.7. The van der Waals surface area contributed by atoms with E-state index in [-0.39, 0.29) is 29.6 Å². The summed E-state index contributed by atoms with van der Waals surface area (Å²) in [4.78, 5) is 12.3. The topological polar surface area (TPSA) is 116 Å². The van der Waals surface area contributed by atoms with Crippen molar-refractivity contribution in [2.45, 2.75) is 18.6 Å². The van der Waals surface area contributed by atoms with Crippen molar-refractivity contribution >= 4 is 15.7 Å². The number of ether oxygens (including phenoxy) is 1. The van der Waals surface area contributed by atoms with Gasteiger partial charge in [-0.25, -0.2) is 13.1 Å². The molecular formula is C14H14F3N5O4S. The summed E-state index contributed by atoms with van der Waals surface area (Å²) in [6, 6.07) is 1.76. The fourth-order valence-electron chi connectivity index (χ4n) is 2.67. The molecule has 3 rings (SSSR count). The van der Waals surface area contributed by atoms with E-state index < -0.39 is 39.2 Å². The molecule has 13 heteroatoms. The zero-order chi connectivity index (χ0) is 19.8. The van der Waals surface area contributed by atoms with Gasteiger partial charge >= 0.3 is 6.18 Å². The Balaban J connectivity index is 1.94. The second-order valence-electron chi connectivity index (χ2n) is 5.82. The average Bonchev–Trinajstić information content (AvgIpc) is 3.18. The van der Waals surface area contributed by atoms with Gasteiger partial charge in [-0.2, -0.15) is 18.3 Å². The summed E-state index contributed by atoms with van der Waals surface area (Å²) < 4.78 is 68.8. The maximum Gasteiger partial charge on any atom is 0.434 e. The van der Waals surface area contributed by atoms with Gasteiger partial charge in [0.1, 0.15) is 0 Å². The summed E-state index contributed by atoms with van der Waals surface area (Å²) in [6.45, 7) is 0. The van der Waals surface area contributed by atoms with E-state index in [1.807, 2.05) is 0 Å². The molecule has 1 unspecified atom stereocenters. The van der Waals surface area contributed by atoms with Crippen LogP contribution in [0.25, 0.3) is 5.82 Å². The number of hydrogen-bond acceptors (Lipinski definition) is 7. The Hall–Kier alpha value is -2.70.